The summed E-state index contributed by atoms with van der Waals surface area (Å²) in [7, 11) is 0. The molecule has 2 aliphatic rings. The third-order valence-electron chi connectivity index (χ3n) is 2.47. The van der Waals surface area contributed by atoms with Crippen molar-refractivity contribution in [2.45, 2.75) is 25.7 Å². The molecule has 1 fully saturated rings. The van der Waals surface area contributed by atoms with Gasteiger partial charge in [0, 0.05) is 11.9 Å². The fourth-order valence-corrected chi connectivity index (χ4v) is 2.18. The van der Waals surface area contributed by atoms with Gasteiger partial charge in [0.05, 0.1) is 10.4 Å². The summed E-state index contributed by atoms with van der Waals surface area (Å²) in [4.78, 5) is 15.8. The van der Waals surface area contributed by atoms with E-state index in [9.17, 15) is 4.79 Å². The minimum absolute atomic E-state index is 0.0955. The number of carbonyl (C=O) groups excluding carboxylic acids is 1. The van der Waals surface area contributed by atoms with E-state index in [1.54, 1.807) is 6.20 Å². The van der Waals surface area contributed by atoms with E-state index in [0.29, 0.717) is 4.48 Å². The molecule has 12 heavy (non-hydrogen) atoms. The van der Waals surface area contributed by atoms with Crippen LogP contribution in [0, 0.1) is 5.92 Å². The molecule has 1 unspecified atom stereocenters. The second-order valence-electron chi connectivity index (χ2n) is 3.26. The first-order valence-corrected chi connectivity index (χ1v) is 5.05. The Hall–Kier alpha value is -0.440. The first-order chi connectivity index (χ1) is 5.79. The van der Waals surface area contributed by atoms with Gasteiger partial charge in [-0.15, -0.1) is 0 Å². The Labute approximate surface area is 79.9 Å². The van der Waals surface area contributed by atoms with E-state index in [-0.39, 0.29) is 11.7 Å². The second kappa shape index (κ2) is 3.13. The second-order valence-corrected chi connectivity index (χ2v) is 4.11. The maximum atomic E-state index is 11.6. The maximum absolute atomic E-state index is 11.6. The summed E-state index contributed by atoms with van der Waals surface area (Å²) >= 11 is 3.22. The highest BCUT2D eigenvalue weighted by Crippen LogP contribution is 2.29. The van der Waals surface area contributed by atoms with Crippen molar-refractivity contribution >= 4 is 27.4 Å². The molecule has 0 amide bonds. The van der Waals surface area contributed by atoms with Gasteiger partial charge in [0.1, 0.15) is 0 Å². The summed E-state index contributed by atoms with van der Waals surface area (Å²) in [5, 5.41) is 0. The van der Waals surface area contributed by atoms with Crippen molar-refractivity contribution in [2.75, 3.05) is 0 Å². The topological polar surface area (TPSA) is 29.4 Å². The quantitative estimate of drug-likeness (QED) is 0.626. The molecule has 3 heteroatoms. The van der Waals surface area contributed by atoms with Crippen molar-refractivity contribution in [1.82, 2.24) is 0 Å². The number of ketones is 1. The average molecular weight is 228 g/mol. The molecule has 0 radical (unpaired) electrons. The number of aliphatic imine (C=N–C) groups is 1. The normalized spacial score (nSPS) is 29.1. The molecule has 1 saturated carbocycles. The van der Waals surface area contributed by atoms with Gasteiger partial charge >= 0.3 is 0 Å². The Bertz CT molecular complexity index is 280. The van der Waals surface area contributed by atoms with E-state index in [1.165, 1.54) is 6.42 Å². The Morgan fingerprint density at radius 3 is 3.17 bits per heavy atom. The largest absolute Gasteiger partial charge is 0.293 e. The molecule has 0 aromatic heterocycles. The standard InChI is InChI=1S/C9H10BrNO/c10-7-5-11-8-4-2-1-3-6(8)9(7)12/h5-6H,1-4H2. The monoisotopic (exact) mass is 227 g/mol. The summed E-state index contributed by atoms with van der Waals surface area (Å²) in [6, 6.07) is 0. The molecule has 0 aromatic carbocycles. The Kier molecular flexibility index (Phi) is 2.13. The lowest BCUT2D eigenvalue weighted by molar-refractivity contribution is -0.117. The lowest BCUT2D eigenvalue weighted by atomic mass is 9.83. The molecule has 0 bridgehead atoms. The van der Waals surface area contributed by atoms with Crippen molar-refractivity contribution < 1.29 is 4.79 Å². The fraction of sp³-hybridized carbons (Fsp3) is 0.556. The predicted octanol–water partition coefficient (Wildman–Crippen LogP) is 2.44. The summed E-state index contributed by atoms with van der Waals surface area (Å²) in [6.07, 6.45) is 5.98. The number of hydrogen-bond acceptors (Lipinski definition) is 2. The number of Topliss-reactive ketones (excluding diaryl/α,β-unsaturated/α-hetero) is 1. The number of rotatable bonds is 0. The van der Waals surface area contributed by atoms with Gasteiger partial charge in [-0.05, 0) is 35.2 Å². The zero-order chi connectivity index (χ0) is 8.55. The highest BCUT2D eigenvalue weighted by atomic mass is 79.9. The van der Waals surface area contributed by atoms with Crippen molar-refractivity contribution in [2.24, 2.45) is 10.9 Å². The summed E-state index contributed by atoms with van der Waals surface area (Å²) in [6.45, 7) is 0. The summed E-state index contributed by atoms with van der Waals surface area (Å²) in [5.74, 6) is 0.317. The highest BCUT2D eigenvalue weighted by Gasteiger charge is 2.30. The summed E-state index contributed by atoms with van der Waals surface area (Å²) < 4.78 is 0.637. The van der Waals surface area contributed by atoms with Crippen molar-refractivity contribution in [3.05, 3.63) is 10.7 Å². The van der Waals surface area contributed by atoms with Crippen LogP contribution in [0.15, 0.2) is 15.7 Å². The smallest absolute Gasteiger partial charge is 0.180 e. The van der Waals surface area contributed by atoms with Crippen molar-refractivity contribution in [3.63, 3.8) is 0 Å². The third kappa shape index (κ3) is 1.26. The molecule has 2 rings (SSSR count). The Morgan fingerprint density at radius 2 is 2.33 bits per heavy atom. The molecule has 1 aliphatic carbocycles. The van der Waals surface area contributed by atoms with Crippen LogP contribution >= 0.6 is 15.9 Å². The van der Waals surface area contributed by atoms with Gasteiger partial charge in [0.25, 0.3) is 0 Å². The van der Waals surface area contributed by atoms with Gasteiger partial charge in [0.15, 0.2) is 5.78 Å². The molecule has 0 saturated heterocycles. The van der Waals surface area contributed by atoms with Gasteiger partial charge in [-0.1, -0.05) is 6.42 Å². The number of allylic oxidation sites excluding steroid dienone is 1. The van der Waals surface area contributed by atoms with E-state index in [0.717, 1.165) is 25.0 Å². The van der Waals surface area contributed by atoms with Crippen LogP contribution in [0.1, 0.15) is 25.7 Å². The zero-order valence-corrected chi connectivity index (χ0v) is 8.30. The molecule has 2 nitrogen and oxygen atoms in total. The van der Waals surface area contributed by atoms with E-state index in [4.69, 9.17) is 0 Å². The molecule has 1 atom stereocenters. The van der Waals surface area contributed by atoms with Crippen LogP contribution in [0.5, 0.6) is 0 Å². The first-order valence-electron chi connectivity index (χ1n) is 4.25. The van der Waals surface area contributed by atoms with Gasteiger partial charge in [-0.2, -0.15) is 0 Å². The van der Waals surface area contributed by atoms with Crippen LogP contribution in [0.25, 0.3) is 0 Å². The lowest BCUT2D eigenvalue weighted by Crippen LogP contribution is -2.29. The number of carbonyl (C=O) groups is 1. The van der Waals surface area contributed by atoms with Gasteiger partial charge in [-0.3, -0.25) is 9.79 Å². The van der Waals surface area contributed by atoms with Gasteiger partial charge < -0.3 is 0 Å². The number of nitrogens with zero attached hydrogens (tertiary/aromatic N) is 1. The SMILES string of the molecule is O=C1C(Br)=CN=C2CCCCC12. The van der Waals surface area contributed by atoms with Crippen LogP contribution in [0.3, 0.4) is 0 Å². The molecule has 1 heterocycles. The minimum Gasteiger partial charge on any atom is -0.293 e. The van der Waals surface area contributed by atoms with Crippen molar-refractivity contribution in [3.8, 4) is 0 Å². The average Bonchev–Trinajstić information content (AvgIpc) is 2.12. The minimum atomic E-state index is 0.0955. The Balaban J connectivity index is 2.30. The Morgan fingerprint density at radius 1 is 1.50 bits per heavy atom. The molecule has 0 aromatic rings. The molecule has 0 N–H and O–H groups in total. The summed E-state index contributed by atoms with van der Waals surface area (Å²) in [5.41, 5.74) is 1.09. The number of fused-ring (bicyclic) bond motifs is 1. The molecule has 0 spiro atoms. The van der Waals surface area contributed by atoms with E-state index < -0.39 is 0 Å². The van der Waals surface area contributed by atoms with Crippen LogP contribution in [-0.2, 0) is 4.79 Å². The van der Waals surface area contributed by atoms with Gasteiger partial charge in [-0.25, -0.2) is 0 Å². The van der Waals surface area contributed by atoms with Gasteiger partial charge in [0.2, 0.25) is 0 Å². The maximum Gasteiger partial charge on any atom is 0.180 e. The highest BCUT2D eigenvalue weighted by molar-refractivity contribution is 9.12. The van der Waals surface area contributed by atoms with Crippen LogP contribution in [0.2, 0.25) is 0 Å². The fourth-order valence-electron chi connectivity index (χ4n) is 1.80. The molecular formula is C9H10BrNO. The third-order valence-corrected chi connectivity index (χ3v) is 3.07. The van der Waals surface area contributed by atoms with E-state index in [1.807, 2.05) is 0 Å². The van der Waals surface area contributed by atoms with Crippen molar-refractivity contribution in [1.29, 1.82) is 0 Å². The predicted molar refractivity (Wildman–Crippen MR) is 51.4 cm³/mol. The van der Waals surface area contributed by atoms with Crippen LogP contribution in [0.4, 0.5) is 0 Å². The van der Waals surface area contributed by atoms with E-state index >= 15 is 0 Å². The van der Waals surface area contributed by atoms with Crippen LogP contribution in [-0.4, -0.2) is 11.5 Å². The first kappa shape index (κ1) is 8.17. The van der Waals surface area contributed by atoms with E-state index in [2.05, 4.69) is 20.9 Å². The molecule has 64 valence electrons. The number of hydrogen-bond donors (Lipinski definition) is 0. The number of halogens is 1. The van der Waals surface area contributed by atoms with Crippen LogP contribution < -0.4 is 0 Å². The lowest BCUT2D eigenvalue weighted by Gasteiger charge is -2.24. The zero-order valence-electron chi connectivity index (χ0n) is 6.72. The molecule has 1 aliphatic heterocycles. The molecular weight excluding hydrogens is 218 g/mol.